The lowest BCUT2D eigenvalue weighted by atomic mass is 10.1. The zero-order valence-corrected chi connectivity index (χ0v) is 19.5. The van der Waals surface area contributed by atoms with Gasteiger partial charge in [-0.3, -0.25) is 0 Å². The predicted octanol–water partition coefficient (Wildman–Crippen LogP) is 5.00. The average Bonchev–Trinajstić information content (AvgIpc) is 2.94. The topological polar surface area (TPSA) is 58.0 Å². The van der Waals surface area contributed by atoms with Crippen LogP contribution in [0.25, 0.3) is 22.3 Å². The first kappa shape index (κ1) is 21.2. The highest BCUT2D eigenvalue weighted by atomic mass is 15.3. The fourth-order valence-corrected chi connectivity index (χ4v) is 4.57. The fraction of sp³-hybridized carbons (Fsp3) is 0.172. The number of anilines is 2. The number of para-hydroxylation sites is 1. The molecule has 5 aromatic rings. The SMILES string of the molecule is c1ccc(Cc2cnc(N3CCN(c4nc(-c5ccccc5)nc5ccccc45)CC3)nc2)cc1. The highest BCUT2D eigenvalue weighted by Crippen LogP contribution is 2.28. The van der Waals surface area contributed by atoms with Crippen LogP contribution < -0.4 is 9.80 Å². The van der Waals surface area contributed by atoms with Crippen molar-refractivity contribution in [3.63, 3.8) is 0 Å². The molecular weight excluding hydrogens is 432 g/mol. The van der Waals surface area contributed by atoms with Crippen LogP contribution in [0, 0.1) is 0 Å². The Labute approximate surface area is 205 Å². The molecule has 6 nitrogen and oxygen atoms in total. The molecule has 0 radical (unpaired) electrons. The Balaban J connectivity index is 1.20. The van der Waals surface area contributed by atoms with Crippen molar-refractivity contribution in [3.8, 4) is 11.4 Å². The van der Waals surface area contributed by atoms with Crippen molar-refractivity contribution in [2.24, 2.45) is 0 Å². The van der Waals surface area contributed by atoms with E-state index in [0.29, 0.717) is 0 Å². The molecule has 0 saturated carbocycles. The summed E-state index contributed by atoms with van der Waals surface area (Å²) in [7, 11) is 0. The lowest BCUT2D eigenvalue weighted by molar-refractivity contribution is 0.635. The monoisotopic (exact) mass is 458 g/mol. The quantitative estimate of drug-likeness (QED) is 0.369. The van der Waals surface area contributed by atoms with Crippen molar-refractivity contribution in [2.75, 3.05) is 36.0 Å². The maximum Gasteiger partial charge on any atom is 0.225 e. The van der Waals surface area contributed by atoms with Gasteiger partial charge in [-0.2, -0.15) is 0 Å². The summed E-state index contributed by atoms with van der Waals surface area (Å²) in [6.45, 7) is 3.39. The van der Waals surface area contributed by atoms with E-state index in [-0.39, 0.29) is 0 Å². The molecule has 1 aliphatic heterocycles. The molecule has 6 rings (SSSR count). The van der Waals surface area contributed by atoms with Gasteiger partial charge < -0.3 is 9.80 Å². The summed E-state index contributed by atoms with van der Waals surface area (Å²) in [6.07, 6.45) is 4.75. The summed E-state index contributed by atoms with van der Waals surface area (Å²) >= 11 is 0. The van der Waals surface area contributed by atoms with Crippen LogP contribution in [-0.4, -0.2) is 46.1 Å². The molecule has 0 N–H and O–H groups in total. The first-order valence-electron chi connectivity index (χ1n) is 12.0. The lowest BCUT2D eigenvalue weighted by Crippen LogP contribution is -2.47. The average molecular weight is 459 g/mol. The molecule has 0 atom stereocenters. The summed E-state index contributed by atoms with van der Waals surface area (Å²) < 4.78 is 0. The Morgan fingerprint density at radius 2 is 1.23 bits per heavy atom. The van der Waals surface area contributed by atoms with Gasteiger partial charge in [-0.05, 0) is 23.3 Å². The Hall–Kier alpha value is -4.32. The minimum atomic E-state index is 0.763. The molecule has 3 aromatic carbocycles. The van der Waals surface area contributed by atoms with Gasteiger partial charge in [0, 0.05) is 55.9 Å². The van der Waals surface area contributed by atoms with Crippen LogP contribution in [0.3, 0.4) is 0 Å². The van der Waals surface area contributed by atoms with Gasteiger partial charge in [-0.25, -0.2) is 19.9 Å². The van der Waals surface area contributed by atoms with E-state index >= 15 is 0 Å². The molecule has 35 heavy (non-hydrogen) atoms. The highest BCUT2D eigenvalue weighted by Gasteiger charge is 2.22. The third-order valence-electron chi connectivity index (χ3n) is 6.42. The van der Waals surface area contributed by atoms with Gasteiger partial charge in [-0.15, -0.1) is 0 Å². The number of aromatic nitrogens is 4. The second-order valence-electron chi connectivity index (χ2n) is 8.78. The third-order valence-corrected chi connectivity index (χ3v) is 6.42. The first-order chi connectivity index (χ1) is 17.3. The number of benzene rings is 3. The second-order valence-corrected chi connectivity index (χ2v) is 8.78. The van der Waals surface area contributed by atoms with Crippen molar-refractivity contribution in [2.45, 2.75) is 6.42 Å². The molecule has 0 spiro atoms. The summed E-state index contributed by atoms with van der Waals surface area (Å²) in [4.78, 5) is 23.8. The van der Waals surface area contributed by atoms with E-state index in [2.05, 4.69) is 74.4 Å². The highest BCUT2D eigenvalue weighted by molar-refractivity contribution is 5.91. The van der Waals surface area contributed by atoms with Gasteiger partial charge in [0.1, 0.15) is 5.82 Å². The van der Waals surface area contributed by atoms with Gasteiger partial charge >= 0.3 is 0 Å². The molecule has 3 heterocycles. The van der Waals surface area contributed by atoms with Crippen LogP contribution in [0.15, 0.2) is 97.3 Å². The molecule has 6 heteroatoms. The Morgan fingerprint density at radius 1 is 0.600 bits per heavy atom. The number of rotatable bonds is 5. The summed E-state index contributed by atoms with van der Waals surface area (Å²) in [5.41, 5.74) is 4.39. The van der Waals surface area contributed by atoms with Crippen LogP contribution in [0.2, 0.25) is 0 Å². The predicted molar refractivity (Wildman–Crippen MR) is 141 cm³/mol. The van der Waals surface area contributed by atoms with Gasteiger partial charge in [0.25, 0.3) is 0 Å². The van der Waals surface area contributed by atoms with Crippen LogP contribution in [0.5, 0.6) is 0 Å². The number of piperazine rings is 1. The number of hydrogen-bond donors (Lipinski definition) is 0. The molecule has 0 amide bonds. The summed E-state index contributed by atoms with van der Waals surface area (Å²) in [6, 6.07) is 28.9. The number of nitrogens with zero attached hydrogens (tertiary/aromatic N) is 6. The number of hydrogen-bond acceptors (Lipinski definition) is 6. The third kappa shape index (κ3) is 4.55. The standard InChI is InChI=1S/C29H26N6/c1-3-9-22(10-4-1)19-23-20-30-29(31-21-23)35-17-15-34(16-18-35)28-25-13-7-8-14-26(25)32-27(33-28)24-11-5-2-6-12-24/h1-14,20-21H,15-19H2. The van der Waals surface area contributed by atoms with Crippen LogP contribution >= 0.6 is 0 Å². The van der Waals surface area contributed by atoms with E-state index in [1.54, 1.807) is 0 Å². The molecule has 0 aliphatic carbocycles. The van der Waals surface area contributed by atoms with Crippen molar-refractivity contribution >= 4 is 22.7 Å². The van der Waals surface area contributed by atoms with E-state index in [4.69, 9.17) is 9.97 Å². The fourth-order valence-electron chi connectivity index (χ4n) is 4.57. The zero-order chi connectivity index (χ0) is 23.5. The van der Waals surface area contributed by atoms with Gasteiger partial charge in [0.2, 0.25) is 5.95 Å². The van der Waals surface area contributed by atoms with E-state index in [1.807, 2.05) is 42.7 Å². The number of fused-ring (bicyclic) bond motifs is 1. The molecule has 1 fully saturated rings. The van der Waals surface area contributed by atoms with E-state index < -0.39 is 0 Å². The molecule has 1 aliphatic rings. The normalized spacial score (nSPS) is 13.8. The van der Waals surface area contributed by atoms with Crippen LogP contribution in [0.4, 0.5) is 11.8 Å². The molecule has 2 aromatic heterocycles. The van der Waals surface area contributed by atoms with Crippen molar-refractivity contribution < 1.29 is 0 Å². The maximum absolute atomic E-state index is 5.01. The second kappa shape index (κ2) is 9.50. The summed E-state index contributed by atoms with van der Waals surface area (Å²) in [5.74, 6) is 2.55. The van der Waals surface area contributed by atoms with Crippen molar-refractivity contribution in [1.29, 1.82) is 0 Å². The largest absolute Gasteiger partial charge is 0.352 e. The molecule has 0 bridgehead atoms. The Kier molecular flexibility index (Phi) is 5.77. The van der Waals surface area contributed by atoms with Gasteiger partial charge in [0.15, 0.2) is 5.82 Å². The smallest absolute Gasteiger partial charge is 0.225 e. The molecular formula is C29H26N6. The molecule has 0 unspecified atom stereocenters. The Morgan fingerprint density at radius 3 is 1.97 bits per heavy atom. The molecule has 172 valence electrons. The van der Waals surface area contributed by atoms with E-state index in [0.717, 1.165) is 72.2 Å². The molecule has 1 saturated heterocycles. The maximum atomic E-state index is 5.01. The minimum Gasteiger partial charge on any atom is -0.352 e. The zero-order valence-electron chi connectivity index (χ0n) is 19.5. The lowest BCUT2D eigenvalue weighted by Gasteiger charge is -2.36. The Bertz CT molecular complexity index is 1410. The van der Waals surface area contributed by atoms with Crippen molar-refractivity contribution in [3.05, 3.63) is 108 Å². The van der Waals surface area contributed by atoms with E-state index in [9.17, 15) is 0 Å². The van der Waals surface area contributed by atoms with Gasteiger partial charge in [-0.1, -0.05) is 72.8 Å². The first-order valence-corrected chi connectivity index (χ1v) is 12.0. The van der Waals surface area contributed by atoms with Gasteiger partial charge in [0.05, 0.1) is 5.52 Å². The van der Waals surface area contributed by atoms with Crippen molar-refractivity contribution in [1.82, 2.24) is 19.9 Å². The summed E-state index contributed by atoms with van der Waals surface area (Å²) in [5, 5.41) is 1.09. The van der Waals surface area contributed by atoms with E-state index in [1.165, 1.54) is 5.56 Å². The minimum absolute atomic E-state index is 0.763. The van der Waals surface area contributed by atoms with Crippen LogP contribution in [0.1, 0.15) is 11.1 Å². The van der Waals surface area contributed by atoms with Crippen LogP contribution in [-0.2, 0) is 6.42 Å².